The Kier molecular flexibility index (Phi) is 4.89. The molecule has 0 spiro atoms. The van der Waals surface area contributed by atoms with E-state index in [1.807, 2.05) is 18.2 Å². The average molecular weight is 354 g/mol. The van der Waals surface area contributed by atoms with Gasteiger partial charge in [-0.2, -0.15) is 0 Å². The number of nitrogens with zero attached hydrogens (tertiary/aromatic N) is 2. The van der Waals surface area contributed by atoms with E-state index in [2.05, 4.69) is 9.88 Å². The first-order chi connectivity index (χ1) is 11.0. The molecule has 1 saturated heterocycles. The van der Waals surface area contributed by atoms with Gasteiger partial charge in [0.05, 0.1) is 29.1 Å². The van der Waals surface area contributed by atoms with Crippen LogP contribution in [0.2, 0.25) is 0 Å². The van der Waals surface area contributed by atoms with Gasteiger partial charge in [0, 0.05) is 5.75 Å². The minimum Gasteiger partial charge on any atom is -0.497 e. The number of hydrogen-bond donors (Lipinski definition) is 0. The summed E-state index contributed by atoms with van der Waals surface area (Å²) in [5, 5.41) is 0.911. The lowest BCUT2D eigenvalue weighted by Gasteiger charge is -2.30. The van der Waals surface area contributed by atoms with Crippen LogP contribution in [0.4, 0.5) is 0 Å². The molecule has 1 aromatic carbocycles. The molecule has 0 aliphatic carbocycles. The van der Waals surface area contributed by atoms with E-state index in [9.17, 15) is 8.42 Å². The molecule has 0 saturated carbocycles. The third kappa shape index (κ3) is 3.67. The largest absolute Gasteiger partial charge is 0.497 e. The molecule has 0 atom stereocenters. The van der Waals surface area contributed by atoms with E-state index < -0.39 is 9.84 Å². The number of benzene rings is 1. The van der Waals surface area contributed by atoms with Crippen molar-refractivity contribution in [2.45, 2.75) is 31.6 Å². The van der Waals surface area contributed by atoms with Crippen LogP contribution in [0.3, 0.4) is 0 Å². The highest BCUT2D eigenvalue weighted by atomic mass is 32.2. The van der Waals surface area contributed by atoms with Gasteiger partial charge < -0.3 is 4.74 Å². The molecule has 5 nitrogen and oxygen atoms in total. The van der Waals surface area contributed by atoms with E-state index >= 15 is 0 Å². The zero-order valence-electron chi connectivity index (χ0n) is 13.5. The maximum Gasteiger partial charge on any atom is 0.152 e. The smallest absolute Gasteiger partial charge is 0.152 e. The molecule has 0 radical (unpaired) electrons. The Bertz CT molecular complexity index is 778. The SMILES string of the molecule is CCS(=O)(=O)C1CCN(Cc2nc3ccc(OC)cc3s2)CC1. The van der Waals surface area contributed by atoms with Gasteiger partial charge in [0.25, 0.3) is 0 Å². The van der Waals surface area contributed by atoms with E-state index in [1.165, 1.54) is 0 Å². The quantitative estimate of drug-likeness (QED) is 0.826. The van der Waals surface area contributed by atoms with Gasteiger partial charge in [-0.1, -0.05) is 6.92 Å². The monoisotopic (exact) mass is 354 g/mol. The van der Waals surface area contributed by atoms with Crippen LogP contribution >= 0.6 is 11.3 Å². The summed E-state index contributed by atoms with van der Waals surface area (Å²) in [5.41, 5.74) is 0.995. The molecule has 1 aliphatic heterocycles. The molecule has 0 unspecified atom stereocenters. The van der Waals surface area contributed by atoms with Gasteiger partial charge in [-0.05, 0) is 44.1 Å². The number of likely N-dealkylation sites (tertiary alicyclic amines) is 1. The first-order valence-electron chi connectivity index (χ1n) is 7.89. The number of rotatable bonds is 5. The standard InChI is InChI=1S/C16H22N2O3S2/c1-3-23(19,20)13-6-8-18(9-7-13)11-16-17-14-5-4-12(21-2)10-15(14)22-16/h4-5,10,13H,3,6-9,11H2,1-2H3. The number of sulfone groups is 1. The predicted octanol–water partition coefficient (Wildman–Crippen LogP) is 2.70. The molecule has 126 valence electrons. The van der Waals surface area contributed by atoms with Crippen molar-refractivity contribution in [1.82, 2.24) is 9.88 Å². The van der Waals surface area contributed by atoms with Crippen molar-refractivity contribution in [1.29, 1.82) is 0 Å². The number of ether oxygens (including phenoxy) is 1. The van der Waals surface area contributed by atoms with Crippen LogP contribution in [0, 0.1) is 0 Å². The number of fused-ring (bicyclic) bond motifs is 1. The number of thiazole rings is 1. The van der Waals surface area contributed by atoms with Gasteiger partial charge in [-0.15, -0.1) is 11.3 Å². The van der Waals surface area contributed by atoms with Gasteiger partial charge >= 0.3 is 0 Å². The Balaban J connectivity index is 1.65. The molecule has 2 heterocycles. The second-order valence-electron chi connectivity index (χ2n) is 5.87. The molecule has 0 bridgehead atoms. The molecule has 0 N–H and O–H groups in total. The van der Waals surface area contributed by atoms with E-state index in [0.29, 0.717) is 0 Å². The third-order valence-corrected chi connectivity index (χ3v) is 7.74. The molecular formula is C16H22N2O3S2. The van der Waals surface area contributed by atoms with Crippen LogP contribution < -0.4 is 4.74 Å². The zero-order chi connectivity index (χ0) is 16.4. The van der Waals surface area contributed by atoms with E-state index in [4.69, 9.17) is 4.74 Å². The highest BCUT2D eigenvalue weighted by Crippen LogP contribution is 2.28. The minimum absolute atomic E-state index is 0.164. The maximum atomic E-state index is 12.0. The maximum absolute atomic E-state index is 12.0. The first kappa shape index (κ1) is 16.7. The van der Waals surface area contributed by atoms with Crippen molar-refractivity contribution in [3.63, 3.8) is 0 Å². The number of piperidine rings is 1. The summed E-state index contributed by atoms with van der Waals surface area (Å²) in [6.45, 7) is 4.17. The second kappa shape index (κ2) is 6.75. The third-order valence-electron chi connectivity index (χ3n) is 4.44. The van der Waals surface area contributed by atoms with Crippen LogP contribution in [0.15, 0.2) is 18.2 Å². The van der Waals surface area contributed by atoms with Crippen molar-refractivity contribution < 1.29 is 13.2 Å². The number of hydrogen-bond acceptors (Lipinski definition) is 6. The topological polar surface area (TPSA) is 59.5 Å². The molecular weight excluding hydrogens is 332 g/mol. The summed E-state index contributed by atoms with van der Waals surface area (Å²) < 4.78 is 30.3. The Morgan fingerprint density at radius 2 is 2.09 bits per heavy atom. The highest BCUT2D eigenvalue weighted by Gasteiger charge is 2.28. The molecule has 1 aromatic heterocycles. The molecule has 23 heavy (non-hydrogen) atoms. The molecule has 1 fully saturated rings. The fourth-order valence-electron chi connectivity index (χ4n) is 3.00. The second-order valence-corrected chi connectivity index (χ2v) is 9.55. The van der Waals surface area contributed by atoms with Crippen molar-refractivity contribution in [3.05, 3.63) is 23.2 Å². The van der Waals surface area contributed by atoms with Gasteiger partial charge in [0.1, 0.15) is 10.8 Å². The highest BCUT2D eigenvalue weighted by molar-refractivity contribution is 7.92. The molecule has 0 amide bonds. The van der Waals surface area contributed by atoms with Crippen molar-refractivity contribution >= 4 is 31.4 Å². The minimum atomic E-state index is -2.90. The Hall–Kier alpha value is -1.18. The van der Waals surface area contributed by atoms with Crippen LogP contribution in [0.1, 0.15) is 24.8 Å². The molecule has 3 rings (SSSR count). The molecule has 1 aliphatic rings. The summed E-state index contributed by atoms with van der Waals surface area (Å²) in [5.74, 6) is 1.09. The molecule has 2 aromatic rings. The summed E-state index contributed by atoms with van der Waals surface area (Å²) in [7, 11) is -1.24. The summed E-state index contributed by atoms with van der Waals surface area (Å²) in [6.07, 6.45) is 1.46. The van der Waals surface area contributed by atoms with Crippen molar-refractivity contribution in [2.24, 2.45) is 0 Å². The van der Waals surface area contributed by atoms with Crippen LogP contribution in [0.25, 0.3) is 10.2 Å². The number of methoxy groups -OCH3 is 1. The van der Waals surface area contributed by atoms with E-state index in [0.717, 1.165) is 53.4 Å². The van der Waals surface area contributed by atoms with Gasteiger partial charge in [0.2, 0.25) is 0 Å². The lowest BCUT2D eigenvalue weighted by atomic mass is 10.1. The normalized spacial score (nSPS) is 17.7. The lowest BCUT2D eigenvalue weighted by molar-refractivity contribution is 0.222. The summed E-state index contributed by atoms with van der Waals surface area (Å²) in [4.78, 5) is 6.97. The summed E-state index contributed by atoms with van der Waals surface area (Å²) >= 11 is 1.68. The fourth-order valence-corrected chi connectivity index (χ4v) is 5.44. The predicted molar refractivity (Wildman–Crippen MR) is 93.9 cm³/mol. The van der Waals surface area contributed by atoms with E-state index in [1.54, 1.807) is 25.4 Å². The first-order valence-corrected chi connectivity index (χ1v) is 10.4. The van der Waals surface area contributed by atoms with Crippen molar-refractivity contribution in [3.8, 4) is 5.75 Å². The number of aromatic nitrogens is 1. The van der Waals surface area contributed by atoms with Crippen molar-refractivity contribution in [2.75, 3.05) is 26.0 Å². The van der Waals surface area contributed by atoms with Crippen LogP contribution in [-0.4, -0.2) is 49.5 Å². The van der Waals surface area contributed by atoms with Gasteiger partial charge in [-0.25, -0.2) is 13.4 Å². The molecule has 7 heteroatoms. The van der Waals surface area contributed by atoms with Crippen LogP contribution in [0.5, 0.6) is 5.75 Å². The zero-order valence-corrected chi connectivity index (χ0v) is 15.1. The van der Waals surface area contributed by atoms with E-state index in [-0.39, 0.29) is 11.0 Å². The lowest BCUT2D eigenvalue weighted by Crippen LogP contribution is -2.39. The average Bonchev–Trinajstić information content (AvgIpc) is 2.96. The Morgan fingerprint density at radius 1 is 1.35 bits per heavy atom. The van der Waals surface area contributed by atoms with Gasteiger partial charge in [-0.3, -0.25) is 4.90 Å². The van der Waals surface area contributed by atoms with Gasteiger partial charge in [0.15, 0.2) is 9.84 Å². The van der Waals surface area contributed by atoms with Crippen LogP contribution in [-0.2, 0) is 16.4 Å². The Morgan fingerprint density at radius 3 is 2.74 bits per heavy atom. The fraction of sp³-hybridized carbons (Fsp3) is 0.562. The summed E-state index contributed by atoms with van der Waals surface area (Å²) in [6, 6.07) is 5.91. The Labute approximate surface area is 141 Å².